The summed E-state index contributed by atoms with van der Waals surface area (Å²) >= 11 is 1.91. The van der Waals surface area contributed by atoms with Crippen LogP contribution in [-0.4, -0.2) is 29.3 Å². The first-order chi connectivity index (χ1) is 9.74. The van der Waals surface area contributed by atoms with Crippen LogP contribution in [0.4, 0.5) is 10.5 Å². The van der Waals surface area contributed by atoms with Crippen molar-refractivity contribution in [1.29, 1.82) is 0 Å². The molecule has 1 aromatic carbocycles. The Morgan fingerprint density at radius 2 is 1.90 bits per heavy atom. The minimum Gasteiger partial charge on any atom is -0.325 e. The molecule has 0 heterocycles. The average Bonchev–Trinajstić information content (AvgIpc) is 2.95. The lowest BCUT2D eigenvalue weighted by Crippen LogP contribution is -2.34. The molecule has 110 valence electrons. The highest BCUT2D eigenvalue weighted by Crippen LogP contribution is 2.38. The summed E-state index contributed by atoms with van der Waals surface area (Å²) in [4.78, 5) is 15.2. The number of nitrogens with one attached hydrogen (secondary N) is 1. The molecule has 1 fully saturated rings. The minimum absolute atomic E-state index is 0.00512. The van der Waals surface area contributed by atoms with Crippen molar-refractivity contribution in [3.8, 4) is 0 Å². The van der Waals surface area contributed by atoms with Crippen LogP contribution in [0.5, 0.6) is 0 Å². The Morgan fingerprint density at radius 3 is 2.55 bits per heavy atom. The van der Waals surface area contributed by atoms with Crippen LogP contribution in [0.2, 0.25) is 0 Å². The third kappa shape index (κ3) is 3.92. The molecule has 1 aliphatic rings. The van der Waals surface area contributed by atoms with E-state index in [1.54, 1.807) is 4.90 Å². The van der Waals surface area contributed by atoms with E-state index in [1.165, 1.54) is 30.6 Å². The minimum atomic E-state index is -0.00512. The number of hydrogen-bond acceptors (Lipinski definition) is 2. The van der Waals surface area contributed by atoms with Gasteiger partial charge < -0.3 is 10.2 Å². The van der Waals surface area contributed by atoms with Gasteiger partial charge in [-0.05, 0) is 38.8 Å². The van der Waals surface area contributed by atoms with Gasteiger partial charge in [0, 0.05) is 23.2 Å². The molecule has 3 nitrogen and oxygen atoms in total. The van der Waals surface area contributed by atoms with E-state index in [0.29, 0.717) is 5.25 Å². The van der Waals surface area contributed by atoms with Crippen molar-refractivity contribution in [3.05, 3.63) is 24.3 Å². The lowest BCUT2D eigenvalue weighted by molar-refractivity contribution is 0.217. The van der Waals surface area contributed by atoms with Crippen molar-refractivity contribution in [3.63, 3.8) is 0 Å². The van der Waals surface area contributed by atoms with E-state index in [1.807, 2.05) is 43.8 Å². The van der Waals surface area contributed by atoms with Crippen molar-refractivity contribution in [2.24, 2.45) is 0 Å². The summed E-state index contributed by atoms with van der Waals surface area (Å²) in [5.74, 6) is 0. The Bertz CT molecular complexity index is 440. The van der Waals surface area contributed by atoms with Crippen LogP contribution in [0.25, 0.3) is 0 Å². The highest BCUT2D eigenvalue weighted by molar-refractivity contribution is 8.00. The maximum atomic E-state index is 12.2. The van der Waals surface area contributed by atoms with Gasteiger partial charge in [0.15, 0.2) is 0 Å². The molecule has 1 aliphatic carbocycles. The molecule has 1 aromatic rings. The molecule has 1 N–H and O–H groups in total. The number of hydrogen-bond donors (Lipinski definition) is 1. The van der Waals surface area contributed by atoms with Crippen LogP contribution in [0, 0.1) is 0 Å². The van der Waals surface area contributed by atoms with Gasteiger partial charge in [-0.2, -0.15) is 0 Å². The highest BCUT2D eigenvalue weighted by Gasteiger charge is 2.18. The first-order valence-corrected chi connectivity index (χ1v) is 8.44. The van der Waals surface area contributed by atoms with E-state index in [4.69, 9.17) is 0 Å². The molecule has 4 heteroatoms. The third-order valence-electron chi connectivity index (χ3n) is 3.78. The topological polar surface area (TPSA) is 32.3 Å². The van der Waals surface area contributed by atoms with Crippen molar-refractivity contribution in [1.82, 2.24) is 4.90 Å². The van der Waals surface area contributed by atoms with Gasteiger partial charge in [-0.25, -0.2) is 4.79 Å². The summed E-state index contributed by atoms with van der Waals surface area (Å²) in [5, 5.41) is 3.76. The molecule has 0 bridgehead atoms. The molecular formula is C16H24N2OS. The third-order valence-corrected chi connectivity index (χ3v) is 5.19. The van der Waals surface area contributed by atoms with E-state index in [9.17, 15) is 4.79 Å². The SMILES string of the molecule is CCN(CC)C(=O)Nc1ccccc1SC1CCCC1. The first-order valence-electron chi connectivity index (χ1n) is 7.56. The van der Waals surface area contributed by atoms with Gasteiger partial charge in [0.25, 0.3) is 0 Å². The molecule has 2 rings (SSSR count). The Morgan fingerprint density at radius 1 is 1.25 bits per heavy atom. The van der Waals surface area contributed by atoms with Gasteiger partial charge in [0.2, 0.25) is 0 Å². The monoisotopic (exact) mass is 292 g/mol. The number of carbonyl (C=O) groups excluding carboxylic acids is 1. The quantitative estimate of drug-likeness (QED) is 0.860. The van der Waals surface area contributed by atoms with Crippen molar-refractivity contribution < 1.29 is 4.79 Å². The summed E-state index contributed by atoms with van der Waals surface area (Å²) in [6.07, 6.45) is 5.27. The summed E-state index contributed by atoms with van der Waals surface area (Å²) in [6, 6.07) is 8.13. The Kier molecular flexibility index (Phi) is 5.77. The second-order valence-corrected chi connectivity index (χ2v) is 6.47. The van der Waals surface area contributed by atoms with Crippen LogP contribution in [-0.2, 0) is 0 Å². The van der Waals surface area contributed by atoms with Gasteiger partial charge >= 0.3 is 6.03 Å². The maximum Gasteiger partial charge on any atom is 0.321 e. The number of amides is 2. The van der Waals surface area contributed by atoms with Gasteiger partial charge in [-0.3, -0.25) is 0 Å². The van der Waals surface area contributed by atoms with Gasteiger partial charge in [-0.15, -0.1) is 11.8 Å². The maximum absolute atomic E-state index is 12.2. The largest absolute Gasteiger partial charge is 0.325 e. The molecule has 0 aliphatic heterocycles. The fourth-order valence-electron chi connectivity index (χ4n) is 2.56. The number of rotatable bonds is 5. The van der Waals surface area contributed by atoms with Crippen LogP contribution >= 0.6 is 11.8 Å². The molecule has 20 heavy (non-hydrogen) atoms. The zero-order chi connectivity index (χ0) is 14.4. The van der Waals surface area contributed by atoms with E-state index >= 15 is 0 Å². The molecule has 0 aromatic heterocycles. The zero-order valence-corrected chi connectivity index (χ0v) is 13.2. The van der Waals surface area contributed by atoms with Crippen LogP contribution in [0.3, 0.4) is 0 Å². The highest BCUT2D eigenvalue weighted by atomic mass is 32.2. The molecule has 0 atom stereocenters. The van der Waals surface area contributed by atoms with Crippen LogP contribution in [0.15, 0.2) is 29.2 Å². The van der Waals surface area contributed by atoms with E-state index in [2.05, 4.69) is 11.4 Å². The molecule has 1 saturated carbocycles. The van der Waals surface area contributed by atoms with Gasteiger partial charge in [-0.1, -0.05) is 25.0 Å². The fraction of sp³-hybridized carbons (Fsp3) is 0.562. The molecule has 0 spiro atoms. The second kappa shape index (κ2) is 7.58. The van der Waals surface area contributed by atoms with E-state index < -0.39 is 0 Å². The van der Waals surface area contributed by atoms with Crippen molar-refractivity contribution in [2.45, 2.75) is 49.7 Å². The summed E-state index contributed by atoms with van der Waals surface area (Å²) in [6.45, 7) is 5.48. The van der Waals surface area contributed by atoms with Crippen molar-refractivity contribution in [2.75, 3.05) is 18.4 Å². The number of carbonyl (C=O) groups is 1. The standard InChI is InChI=1S/C16H24N2OS/c1-3-18(4-2)16(19)17-14-11-7-8-12-15(14)20-13-9-5-6-10-13/h7-8,11-13H,3-6,9-10H2,1-2H3,(H,17,19). The predicted octanol–water partition coefficient (Wildman–Crippen LogP) is 4.60. The van der Waals surface area contributed by atoms with Crippen LogP contribution in [0.1, 0.15) is 39.5 Å². The number of para-hydroxylation sites is 1. The number of benzene rings is 1. The number of thioether (sulfide) groups is 1. The fourth-order valence-corrected chi connectivity index (χ4v) is 3.89. The second-order valence-electron chi connectivity index (χ2n) is 5.12. The van der Waals surface area contributed by atoms with Gasteiger partial charge in [0.05, 0.1) is 5.69 Å². The average molecular weight is 292 g/mol. The van der Waals surface area contributed by atoms with E-state index in [0.717, 1.165) is 18.8 Å². The molecular weight excluding hydrogens is 268 g/mol. The first kappa shape index (κ1) is 15.2. The normalized spacial score (nSPS) is 15.3. The van der Waals surface area contributed by atoms with E-state index in [-0.39, 0.29) is 6.03 Å². The smallest absolute Gasteiger partial charge is 0.321 e. The summed E-state index contributed by atoms with van der Waals surface area (Å²) in [7, 11) is 0. The number of anilines is 1. The molecule has 0 radical (unpaired) electrons. The Hall–Kier alpha value is -1.16. The molecule has 2 amide bonds. The lowest BCUT2D eigenvalue weighted by Gasteiger charge is -2.21. The summed E-state index contributed by atoms with van der Waals surface area (Å²) < 4.78 is 0. The lowest BCUT2D eigenvalue weighted by atomic mass is 10.3. The van der Waals surface area contributed by atoms with Crippen molar-refractivity contribution >= 4 is 23.5 Å². The Labute approximate surface area is 126 Å². The number of urea groups is 1. The van der Waals surface area contributed by atoms with Gasteiger partial charge in [0.1, 0.15) is 0 Å². The Balaban J connectivity index is 2.05. The summed E-state index contributed by atoms with van der Waals surface area (Å²) in [5.41, 5.74) is 0.946. The predicted molar refractivity (Wildman–Crippen MR) is 86.5 cm³/mol. The molecule has 0 saturated heterocycles. The van der Waals surface area contributed by atoms with Crippen LogP contribution < -0.4 is 5.32 Å². The number of nitrogens with zero attached hydrogens (tertiary/aromatic N) is 1. The zero-order valence-electron chi connectivity index (χ0n) is 12.4. The molecule has 0 unspecified atom stereocenters.